The maximum Gasteiger partial charge on any atom is 0.119 e. The van der Waals surface area contributed by atoms with Crippen LogP contribution in [0.1, 0.15) is 156 Å². The van der Waals surface area contributed by atoms with Crippen molar-refractivity contribution in [3.05, 3.63) is 30.3 Å². The molecule has 1 aromatic rings. The summed E-state index contributed by atoms with van der Waals surface area (Å²) in [5.41, 5.74) is 0. The molecule has 0 amide bonds. The molecule has 1 aromatic carbocycles. The summed E-state index contributed by atoms with van der Waals surface area (Å²) < 4.78 is 6.31. The van der Waals surface area contributed by atoms with Crippen LogP contribution in [0.25, 0.3) is 0 Å². The molecule has 216 valence electrons. The quantitative estimate of drug-likeness (QED) is 0.0773. The molecule has 0 atom stereocenters. The average molecular weight is 531 g/mol. The summed E-state index contributed by atoms with van der Waals surface area (Å²) in [5, 5.41) is 0. The highest BCUT2D eigenvalue weighted by Crippen LogP contribution is 2.34. The van der Waals surface area contributed by atoms with E-state index in [1.54, 1.807) is 18.1 Å². The van der Waals surface area contributed by atoms with Gasteiger partial charge in [-0.25, -0.2) is 0 Å². The van der Waals surface area contributed by atoms with Crippen molar-refractivity contribution in [1.29, 1.82) is 0 Å². The normalized spacial score (nSPS) is 11.8. The third kappa shape index (κ3) is 19.9. The van der Waals surface area contributed by atoms with Gasteiger partial charge in [-0.15, -0.1) is 0 Å². The highest BCUT2D eigenvalue weighted by molar-refractivity contribution is 6.79. The van der Waals surface area contributed by atoms with Crippen LogP contribution in [-0.2, 0) is 0 Å². The van der Waals surface area contributed by atoms with Crippen molar-refractivity contribution >= 4 is 8.07 Å². The largest absolute Gasteiger partial charge is 0.494 e. The minimum absolute atomic E-state index is 0.944. The highest BCUT2D eigenvalue weighted by Gasteiger charge is 2.31. The van der Waals surface area contributed by atoms with Crippen LogP contribution in [0, 0.1) is 0 Å². The molecule has 1 rings (SSSR count). The van der Waals surface area contributed by atoms with E-state index >= 15 is 0 Å². The third-order valence-electron chi connectivity index (χ3n) is 8.58. The fourth-order valence-corrected chi connectivity index (χ4v) is 11.1. The van der Waals surface area contributed by atoms with Crippen molar-refractivity contribution < 1.29 is 4.74 Å². The van der Waals surface area contributed by atoms with Crippen molar-refractivity contribution in [3.8, 4) is 5.75 Å². The molecule has 0 heterocycles. The summed E-state index contributed by atoms with van der Waals surface area (Å²) >= 11 is 0. The summed E-state index contributed by atoms with van der Waals surface area (Å²) in [6.45, 7) is 7.92. The molecule has 0 aliphatic rings. The Morgan fingerprint density at radius 2 is 0.784 bits per heavy atom. The zero-order valence-corrected chi connectivity index (χ0v) is 26.7. The smallest absolute Gasteiger partial charge is 0.119 e. The molecule has 0 radical (unpaired) electrons. The van der Waals surface area contributed by atoms with Gasteiger partial charge in [0, 0.05) is 0 Å². The van der Waals surface area contributed by atoms with Crippen molar-refractivity contribution in [2.45, 2.75) is 180 Å². The third-order valence-corrected chi connectivity index (χ3v) is 14.1. The van der Waals surface area contributed by atoms with Crippen LogP contribution in [-0.4, -0.2) is 14.7 Å². The molecule has 0 bridgehead atoms. The molecule has 0 N–H and O–H groups in total. The van der Waals surface area contributed by atoms with Gasteiger partial charge in [-0.05, 0) is 18.2 Å². The number of hydrogen-bond acceptors (Lipinski definition) is 1. The fourth-order valence-electron chi connectivity index (χ4n) is 6.02. The molecule has 0 aromatic heterocycles. The molecule has 1 nitrogen and oxygen atoms in total. The van der Waals surface area contributed by atoms with Gasteiger partial charge < -0.3 is 4.74 Å². The van der Waals surface area contributed by atoms with E-state index < -0.39 is 8.07 Å². The number of hydrogen-bond donors (Lipinski definition) is 0. The molecule has 0 saturated carbocycles. The number of ether oxygens (including phenoxy) is 1. The molecule has 0 spiro atoms. The minimum atomic E-state index is -1.30. The Balaban J connectivity index is 2.65. The molecule has 0 fully saturated rings. The van der Waals surface area contributed by atoms with E-state index in [4.69, 9.17) is 4.74 Å². The van der Waals surface area contributed by atoms with Crippen molar-refractivity contribution in [2.75, 3.05) is 6.61 Å². The second kappa shape index (κ2) is 25.5. The van der Waals surface area contributed by atoms with Crippen LogP contribution < -0.4 is 4.74 Å². The Kier molecular flexibility index (Phi) is 23.6. The molecule has 0 aliphatic heterocycles. The maximum atomic E-state index is 6.31. The van der Waals surface area contributed by atoms with Gasteiger partial charge in [-0.3, -0.25) is 0 Å². The zero-order chi connectivity index (χ0) is 26.7. The number of para-hydroxylation sites is 1. The Hall–Kier alpha value is -0.763. The van der Waals surface area contributed by atoms with E-state index in [0.29, 0.717) is 0 Å². The first-order valence-corrected chi connectivity index (χ1v) is 19.8. The van der Waals surface area contributed by atoms with Gasteiger partial charge in [-0.2, -0.15) is 0 Å². The first-order valence-electron chi connectivity index (χ1n) is 16.9. The number of rotatable bonds is 28. The number of unbranched alkanes of at least 4 members (excludes halogenated alkanes) is 18. The fraction of sp³-hybridized carbons (Fsp3) is 0.829. The standard InChI is InChI=1S/C35H66OSi/c1-4-7-10-13-16-19-25-31-37(32-26-20-17-14-11-8-5-2,33-27-21-18-15-12-9-6-3)34-30-36-35-28-23-22-24-29-35/h22-24,28-29H,4-21,25-27,30-34H2,1-3H3. The van der Waals surface area contributed by atoms with Crippen molar-refractivity contribution in [2.24, 2.45) is 0 Å². The van der Waals surface area contributed by atoms with E-state index in [1.165, 1.54) is 141 Å². The summed E-state index contributed by atoms with van der Waals surface area (Å²) in [7, 11) is -1.30. The summed E-state index contributed by atoms with van der Waals surface area (Å²) in [6.07, 6.45) is 30.2. The van der Waals surface area contributed by atoms with E-state index in [2.05, 4.69) is 51.1 Å². The SMILES string of the molecule is CCCCCCCCC[Si](CCCCCCCCC)(CCCCCCCCC)CCOc1ccccc1. The van der Waals surface area contributed by atoms with Crippen LogP contribution >= 0.6 is 0 Å². The van der Waals surface area contributed by atoms with Crippen LogP contribution in [0.3, 0.4) is 0 Å². The molecule has 2 heteroatoms. The van der Waals surface area contributed by atoms with E-state index in [9.17, 15) is 0 Å². The Labute approximate surface area is 235 Å². The lowest BCUT2D eigenvalue weighted by atomic mass is 10.1. The van der Waals surface area contributed by atoms with E-state index in [-0.39, 0.29) is 0 Å². The summed E-state index contributed by atoms with van der Waals surface area (Å²) in [5.74, 6) is 1.06. The predicted octanol–water partition coefficient (Wildman–Crippen LogP) is 12.8. The maximum absolute atomic E-state index is 6.31. The van der Waals surface area contributed by atoms with E-state index in [1.807, 2.05) is 0 Å². The lowest BCUT2D eigenvalue weighted by Crippen LogP contribution is -2.35. The van der Waals surface area contributed by atoms with Gasteiger partial charge >= 0.3 is 0 Å². The molecule has 0 saturated heterocycles. The van der Waals surface area contributed by atoms with Crippen molar-refractivity contribution in [1.82, 2.24) is 0 Å². The lowest BCUT2D eigenvalue weighted by molar-refractivity contribution is 0.337. The van der Waals surface area contributed by atoms with Gasteiger partial charge in [0.15, 0.2) is 0 Å². The van der Waals surface area contributed by atoms with Crippen LogP contribution in [0.4, 0.5) is 0 Å². The monoisotopic (exact) mass is 530 g/mol. The van der Waals surface area contributed by atoms with Crippen molar-refractivity contribution in [3.63, 3.8) is 0 Å². The van der Waals surface area contributed by atoms with Crippen LogP contribution in [0.5, 0.6) is 5.75 Å². The van der Waals surface area contributed by atoms with Gasteiger partial charge in [0.05, 0.1) is 14.7 Å². The first-order chi connectivity index (χ1) is 18.3. The van der Waals surface area contributed by atoms with Crippen LogP contribution in [0.2, 0.25) is 24.2 Å². The molecular weight excluding hydrogens is 464 g/mol. The summed E-state index contributed by atoms with van der Waals surface area (Å²) in [6, 6.07) is 16.6. The van der Waals surface area contributed by atoms with Gasteiger partial charge in [0.1, 0.15) is 5.75 Å². The Morgan fingerprint density at radius 3 is 1.16 bits per heavy atom. The molecule has 37 heavy (non-hydrogen) atoms. The predicted molar refractivity (Wildman–Crippen MR) is 171 cm³/mol. The van der Waals surface area contributed by atoms with Crippen LogP contribution in [0.15, 0.2) is 30.3 Å². The number of benzene rings is 1. The second-order valence-electron chi connectivity index (χ2n) is 12.0. The van der Waals surface area contributed by atoms with Gasteiger partial charge in [0.2, 0.25) is 0 Å². The lowest BCUT2D eigenvalue weighted by Gasteiger charge is -2.33. The van der Waals surface area contributed by atoms with Gasteiger partial charge in [0.25, 0.3) is 0 Å². The first kappa shape index (κ1) is 34.3. The minimum Gasteiger partial charge on any atom is -0.494 e. The molecule has 0 unspecified atom stereocenters. The topological polar surface area (TPSA) is 9.23 Å². The Morgan fingerprint density at radius 1 is 0.432 bits per heavy atom. The highest BCUT2D eigenvalue weighted by atomic mass is 28.3. The molecular formula is C35H66OSi. The Bertz CT molecular complexity index is 526. The van der Waals surface area contributed by atoms with Gasteiger partial charge in [-0.1, -0.05) is 192 Å². The second-order valence-corrected chi connectivity index (χ2v) is 17.0. The molecule has 0 aliphatic carbocycles. The van der Waals surface area contributed by atoms with E-state index in [0.717, 1.165) is 12.4 Å². The summed E-state index contributed by atoms with van der Waals surface area (Å²) in [4.78, 5) is 0. The zero-order valence-electron chi connectivity index (χ0n) is 25.7. The average Bonchev–Trinajstić information content (AvgIpc) is 2.92.